The number of carbonyl (C=O) groups is 1. The molecule has 0 fully saturated rings. The quantitative estimate of drug-likeness (QED) is 0.323. The van der Waals surface area contributed by atoms with Crippen molar-refractivity contribution < 1.29 is 14.1 Å². The van der Waals surface area contributed by atoms with Crippen molar-refractivity contribution in [3.8, 4) is 0 Å². The van der Waals surface area contributed by atoms with E-state index in [2.05, 4.69) is 0 Å². The molecule has 68 valence electrons. The second-order valence-corrected chi connectivity index (χ2v) is 2.30. The highest BCUT2D eigenvalue weighted by Gasteiger charge is 2.16. The zero-order valence-corrected chi connectivity index (χ0v) is 6.36. The fraction of sp³-hybridized carbons (Fsp3) is 0. The van der Waals surface area contributed by atoms with Gasteiger partial charge in [-0.2, -0.15) is 0 Å². The van der Waals surface area contributed by atoms with Crippen LogP contribution < -0.4 is 5.73 Å². The summed E-state index contributed by atoms with van der Waals surface area (Å²) in [7, 11) is 0. The first-order valence-electron chi connectivity index (χ1n) is 3.25. The van der Waals surface area contributed by atoms with Gasteiger partial charge in [-0.15, -0.1) is 0 Å². The van der Waals surface area contributed by atoms with E-state index in [0.717, 1.165) is 6.07 Å². The topological polar surface area (TPSA) is 86.2 Å². The number of hydrogen-bond donors (Lipinski definition) is 1. The molecule has 1 rings (SSSR count). The molecule has 0 saturated heterocycles. The Morgan fingerprint density at radius 1 is 1.54 bits per heavy atom. The maximum atomic E-state index is 12.6. The molecule has 2 N–H and O–H groups in total. The second kappa shape index (κ2) is 3.18. The molecule has 5 nitrogen and oxygen atoms in total. The van der Waals surface area contributed by atoms with Crippen LogP contribution in [-0.2, 0) is 0 Å². The lowest BCUT2D eigenvalue weighted by Gasteiger charge is -1.99. The smallest absolute Gasteiger partial charge is 0.295 e. The summed E-state index contributed by atoms with van der Waals surface area (Å²) in [6, 6.07) is 1.51. The van der Waals surface area contributed by atoms with Gasteiger partial charge in [0, 0.05) is 5.56 Å². The Bertz CT molecular complexity index is 378. The molecule has 0 unspecified atom stereocenters. The van der Waals surface area contributed by atoms with Crippen LogP contribution in [0.1, 0.15) is 10.4 Å². The average Bonchev–Trinajstić information content (AvgIpc) is 2.08. The molecule has 1 aromatic carbocycles. The van der Waals surface area contributed by atoms with Crippen LogP contribution in [0.5, 0.6) is 0 Å². The van der Waals surface area contributed by atoms with E-state index in [4.69, 9.17) is 5.73 Å². The van der Waals surface area contributed by atoms with E-state index >= 15 is 0 Å². The molecular weight excluding hydrogens is 179 g/mol. The highest BCUT2D eigenvalue weighted by molar-refractivity contribution is 5.87. The molecule has 0 amide bonds. The van der Waals surface area contributed by atoms with E-state index in [1.807, 2.05) is 0 Å². The lowest BCUT2D eigenvalue weighted by molar-refractivity contribution is -0.384. The molecule has 13 heavy (non-hydrogen) atoms. The molecule has 0 bridgehead atoms. The summed E-state index contributed by atoms with van der Waals surface area (Å²) in [6.45, 7) is 0. The monoisotopic (exact) mass is 184 g/mol. The molecule has 0 aliphatic carbocycles. The largest absolute Gasteiger partial charge is 0.393 e. The highest BCUT2D eigenvalue weighted by atomic mass is 19.1. The van der Waals surface area contributed by atoms with Crippen LogP contribution in [0.4, 0.5) is 15.8 Å². The number of nitrogen functional groups attached to an aromatic ring is 1. The van der Waals surface area contributed by atoms with Crippen LogP contribution in [0.15, 0.2) is 12.1 Å². The number of rotatable bonds is 2. The van der Waals surface area contributed by atoms with Crippen molar-refractivity contribution in [1.82, 2.24) is 0 Å². The van der Waals surface area contributed by atoms with Gasteiger partial charge in [0.1, 0.15) is 11.5 Å². The fourth-order valence-electron chi connectivity index (χ4n) is 0.873. The van der Waals surface area contributed by atoms with Gasteiger partial charge in [0.2, 0.25) is 0 Å². The Balaban J connectivity index is 3.44. The number of halogens is 1. The molecular formula is C7H5FN2O3. The minimum Gasteiger partial charge on any atom is -0.393 e. The molecule has 0 aliphatic heterocycles. The van der Waals surface area contributed by atoms with Crippen molar-refractivity contribution in [3.05, 3.63) is 33.6 Å². The van der Waals surface area contributed by atoms with E-state index in [9.17, 15) is 19.3 Å². The van der Waals surface area contributed by atoms with E-state index in [0.29, 0.717) is 6.07 Å². The number of aldehydes is 1. The van der Waals surface area contributed by atoms with Crippen LogP contribution in [0.2, 0.25) is 0 Å². The van der Waals surface area contributed by atoms with Crippen molar-refractivity contribution in [2.75, 3.05) is 5.73 Å². The first-order valence-corrected chi connectivity index (χ1v) is 3.25. The van der Waals surface area contributed by atoms with Gasteiger partial charge < -0.3 is 5.73 Å². The Labute approximate surface area is 72.1 Å². The zero-order chi connectivity index (χ0) is 10.0. The van der Waals surface area contributed by atoms with Crippen molar-refractivity contribution in [1.29, 1.82) is 0 Å². The molecule has 0 spiro atoms. The molecule has 0 saturated carbocycles. The third-order valence-electron chi connectivity index (χ3n) is 1.48. The summed E-state index contributed by atoms with van der Waals surface area (Å²) in [5.41, 5.74) is 4.09. The molecule has 0 atom stereocenters. The minimum absolute atomic E-state index is 0.216. The Hall–Kier alpha value is -1.98. The van der Waals surface area contributed by atoms with Gasteiger partial charge in [-0.3, -0.25) is 14.9 Å². The number of anilines is 1. The van der Waals surface area contributed by atoms with Gasteiger partial charge >= 0.3 is 0 Å². The number of hydrogen-bond acceptors (Lipinski definition) is 4. The summed E-state index contributed by atoms with van der Waals surface area (Å²) in [5.74, 6) is -0.858. The predicted octanol–water partition coefficient (Wildman–Crippen LogP) is 1.13. The first kappa shape index (κ1) is 9.11. The molecule has 0 heterocycles. The maximum absolute atomic E-state index is 12.6. The van der Waals surface area contributed by atoms with Gasteiger partial charge in [0.15, 0.2) is 6.29 Å². The van der Waals surface area contributed by atoms with Gasteiger partial charge in [-0.25, -0.2) is 4.39 Å². The van der Waals surface area contributed by atoms with Crippen molar-refractivity contribution in [3.63, 3.8) is 0 Å². The van der Waals surface area contributed by atoms with Gasteiger partial charge in [0.25, 0.3) is 5.69 Å². The number of nitrogens with zero attached hydrogens (tertiary/aromatic N) is 1. The van der Waals surface area contributed by atoms with Gasteiger partial charge in [-0.1, -0.05) is 0 Å². The summed E-state index contributed by atoms with van der Waals surface area (Å²) in [5, 5.41) is 10.3. The van der Waals surface area contributed by atoms with E-state index in [1.165, 1.54) is 0 Å². The predicted molar refractivity (Wildman–Crippen MR) is 42.9 cm³/mol. The molecule has 6 heteroatoms. The normalized spacial score (nSPS) is 9.62. The van der Waals surface area contributed by atoms with Crippen LogP contribution in [0.3, 0.4) is 0 Å². The van der Waals surface area contributed by atoms with Crippen LogP contribution in [0.25, 0.3) is 0 Å². The van der Waals surface area contributed by atoms with E-state index in [-0.39, 0.29) is 17.5 Å². The van der Waals surface area contributed by atoms with Crippen molar-refractivity contribution in [2.45, 2.75) is 0 Å². The van der Waals surface area contributed by atoms with Gasteiger partial charge in [0.05, 0.1) is 11.0 Å². The third kappa shape index (κ3) is 1.61. The first-order chi connectivity index (χ1) is 6.06. The lowest BCUT2D eigenvalue weighted by Crippen LogP contribution is -2.00. The fourth-order valence-corrected chi connectivity index (χ4v) is 0.873. The Kier molecular flexibility index (Phi) is 2.23. The van der Waals surface area contributed by atoms with E-state index < -0.39 is 16.4 Å². The minimum atomic E-state index is -0.858. The molecule has 0 aliphatic rings. The van der Waals surface area contributed by atoms with Crippen molar-refractivity contribution >= 4 is 17.7 Å². The number of benzene rings is 1. The van der Waals surface area contributed by atoms with Gasteiger partial charge in [-0.05, 0) is 6.07 Å². The lowest BCUT2D eigenvalue weighted by atomic mass is 10.1. The molecule has 0 aromatic heterocycles. The number of nitrogens with two attached hydrogens (primary N) is 1. The summed E-state index contributed by atoms with van der Waals surface area (Å²) >= 11 is 0. The summed E-state index contributed by atoms with van der Waals surface area (Å²) < 4.78 is 12.6. The summed E-state index contributed by atoms with van der Waals surface area (Å²) in [4.78, 5) is 19.7. The second-order valence-electron chi connectivity index (χ2n) is 2.30. The molecule has 1 aromatic rings. The maximum Gasteiger partial charge on any atom is 0.295 e. The number of nitro groups is 1. The van der Waals surface area contributed by atoms with E-state index in [1.54, 1.807) is 0 Å². The Morgan fingerprint density at radius 2 is 2.15 bits per heavy atom. The standard InChI is InChI=1S/C7H5FN2O3/c8-5-1-4(3-11)7(9)6(2-5)10(12)13/h1-3H,9H2. The number of nitro benzene ring substituents is 1. The Morgan fingerprint density at radius 3 is 2.62 bits per heavy atom. The highest BCUT2D eigenvalue weighted by Crippen LogP contribution is 2.25. The number of carbonyl (C=O) groups excluding carboxylic acids is 1. The van der Waals surface area contributed by atoms with Crippen molar-refractivity contribution in [2.24, 2.45) is 0 Å². The SMILES string of the molecule is Nc1c(C=O)cc(F)cc1[N+](=O)[O-]. The summed E-state index contributed by atoms with van der Waals surface area (Å²) in [6.07, 6.45) is 0.269. The zero-order valence-electron chi connectivity index (χ0n) is 6.36. The van der Waals surface area contributed by atoms with Crippen LogP contribution in [0, 0.1) is 15.9 Å². The van der Waals surface area contributed by atoms with Crippen LogP contribution >= 0.6 is 0 Å². The average molecular weight is 184 g/mol. The van der Waals surface area contributed by atoms with Crippen LogP contribution in [-0.4, -0.2) is 11.2 Å². The third-order valence-corrected chi connectivity index (χ3v) is 1.48. The molecule has 0 radical (unpaired) electrons.